The SMILES string of the molecule is CSC1(CNC(=O)NC(CC(=O)O)C(=O)O)CCCCC1. The number of hydrogen-bond donors (Lipinski definition) is 4. The largest absolute Gasteiger partial charge is 0.481 e. The number of hydrogen-bond acceptors (Lipinski definition) is 4. The highest BCUT2D eigenvalue weighted by Gasteiger charge is 2.32. The Kier molecular flexibility index (Phi) is 6.80. The van der Waals surface area contributed by atoms with Crippen molar-refractivity contribution in [3.05, 3.63) is 0 Å². The van der Waals surface area contributed by atoms with Crippen molar-refractivity contribution in [2.75, 3.05) is 12.8 Å². The van der Waals surface area contributed by atoms with Crippen LogP contribution < -0.4 is 10.6 Å². The summed E-state index contributed by atoms with van der Waals surface area (Å²) in [7, 11) is 0. The smallest absolute Gasteiger partial charge is 0.326 e. The van der Waals surface area contributed by atoms with Crippen LogP contribution in [0.15, 0.2) is 0 Å². The molecular weight excluding hydrogens is 296 g/mol. The Balaban J connectivity index is 2.48. The summed E-state index contributed by atoms with van der Waals surface area (Å²) in [6, 6.07) is -2.05. The van der Waals surface area contributed by atoms with E-state index in [2.05, 4.69) is 10.6 Å². The first-order valence-corrected chi connectivity index (χ1v) is 8.15. The number of aliphatic carboxylic acids is 2. The molecule has 4 N–H and O–H groups in total. The minimum Gasteiger partial charge on any atom is -0.481 e. The average molecular weight is 318 g/mol. The summed E-state index contributed by atoms with van der Waals surface area (Å²) in [5.74, 6) is -2.62. The minimum atomic E-state index is -1.42. The molecule has 120 valence electrons. The van der Waals surface area contributed by atoms with E-state index in [4.69, 9.17) is 10.2 Å². The van der Waals surface area contributed by atoms with Crippen LogP contribution in [0.4, 0.5) is 4.79 Å². The summed E-state index contributed by atoms with van der Waals surface area (Å²) < 4.78 is 0.00110. The molecule has 1 rings (SSSR count). The lowest BCUT2D eigenvalue weighted by molar-refractivity contribution is -0.145. The quantitative estimate of drug-likeness (QED) is 0.562. The van der Waals surface area contributed by atoms with Gasteiger partial charge in [0.15, 0.2) is 0 Å². The first kappa shape index (κ1) is 17.6. The van der Waals surface area contributed by atoms with Gasteiger partial charge in [-0.15, -0.1) is 0 Å². The number of carbonyl (C=O) groups is 3. The summed E-state index contributed by atoms with van der Waals surface area (Å²) in [6.07, 6.45) is 6.86. The molecule has 1 aliphatic rings. The summed E-state index contributed by atoms with van der Waals surface area (Å²) in [5.41, 5.74) is 0. The van der Waals surface area contributed by atoms with Crippen molar-refractivity contribution < 1.29 is 24.6 Å². The molecular formula is C13H22N2O5S. The molecule has 1 fully saturated rings. The second kappa shape index (κ2) is 8.11. The zero-order valence-corrected chi connectivity index (χ0v) is 12.9. The maximum absolute atomic E-state index is 11.8. The zero-order valence-electron chi connectivity index (χ0n) is 12.1. The highest BCUT2D eigenvalue weighted by molar-refractivity contribution is 8.00. The normalized spacial score (nSPS) is 18.5. The maximum Gasteiger partial charge on any atom is 0.326 e. The van der Waals surface area contributed by atoms with Crippen molar-refractivity contribution in [3.63, 3.8) is 0 Å². The number of carboxylic acid groups (broad SMARTS) is 2. The molecule has 2 amide bonds. The van der Waals surface area contributed by atoms with Gasteiger partial charge in [0.05, 0.1) is 6.42 Å². The van der Waals surface area contributed by atoms with Gasteiger partial charge in [0.2, 0.25) is 0 Å². The molecule has 7 nitrogen and oxygen atoms in total. The lowest BCUT2D eigenvalue weighted by Gasteiger charge is -2.35. The summed E-state index contributed by atoms with van der Waals surface area (Å²) in [4.78, 5) is 33.2. The molecule has 0 spiro atoms. The summed E-state index contributed by atoms with van der Waals surface area (Å²) >= 11 is 1.72. The number of thioether (sulfide) groups is 1. The molecule has 1 aliphatic carbocycles. The Hall–Kier alpha value is -1.44. The first-order chi connectivity index (χ1) is 9.88. The average Bonchev–Trinajstić information content (AvgIpc) is 2.45. The lowest BCUT2D eigenvalue weighted by atomic mass is 9.88. The van der Waals surface area contributed by atoms with E-state index in [0.29, 0.717) is 6.54 Å². The molecule has 0 radical (unpaired) electrons. The molecule has 0 aromatic carbocycles. The second-order valence-electron chi connectivity index (χ2n) is 5.26. The van der Waals surface area contributed by atoms with Crippen LogP contribution in [-0.2, 0) is 9.59 Å². The molecule has 0 aromatic rings. The third kappa shape index (κ3) is 5.82. The van der Waals surface area contributed by atoms with Crippen LogP contribution in [0.5, 0.6) is 0 Å². The topological polar surface area (TPSA) is 116 Å². The van der Waals surface area contributed by atoms with Crippen LogP contribution in [0, 0.1) is 0 Å². The van der Waals surface area contributed by atoms with E-state index in [1.165, 1.54) is 6.42 Å². The van der Waals surface area contributed by atoms with E-state index in [-0.39, 0.29) is 4.75 Å². The monoisotopic (exact) mass is 318 g/mol. The maximum atomic E-state index is 11.8. The van der Waals surface area contributed by atoms with Crippen molar-refractivity contribution in [2.24, 2.45) is 0 Å². The van der Waals surface area contributed by atoms with Gasteiger partial charge in [-0.1, -0.05) is 19.3 Å². The highest BCUT2D eigenvalue weighted by Crippen LogP contribution is 2.37. The van der Waals surface area contributed by atoms with Gasteiger partial charge >= 0.3 is 18.0 Å². The van der Waals surface area contributed by atoms with Gasteiger partial charge in [0, 0.05) is 11.3 Å². The predicted molar refractivity (Wildman–Crippen MR) is 79.5 cm³/mol. The van der Waals surface area contributed by atoms with E-state index in [1.807, 2.05) is 6.26 Å². The van der Waals surface area contributed by atoms with Gasteiger partial charge in [-0.3, -0.25) is 4.79 Å². The third-order valence-electron chi connectivity index (χ3n) is 3.75. The molecule has 1 saturated carbocycles. The summed E-state index contributed by atoms with van der Waals surface area (Å²) in [6.45, 7) is 0.458. The van der Waals surface area contributed by atoms with Gasteiger partial charge in [-0.05, 0) is 19.1 Å². The summed E-state index contributed by atoms with van der Waals surface area (Å²) in [5, 5.41) is 22.4. The standard InChI is InChI=1S/C13H22N2O5S/c1-21-13(5-3-2-4-6-13)8-14-12(20)15-9(11(18)19)7-10(16)17/h9H,2-8H2,1H3,(H,16,17)(H,18,19)(H2,14,15,20). The Bertz CT molecular complexity index is 396. The van der Waals surface area contributed by atoms with Crippen molar-refractivity contribution >= 4 is 29.7 Å². The van der Waals surface area contributed by atoms with E-state index >= 15 is 0 Å². The Morgan fingerprint density at radius 3 is 2.29 bits per heavy atom. The Morgan fingerprint density at radius 2 is 1.81 bits per heavy atom. The third-order valence-corrected chi connectivity index (χ3v) is 5.17. The fraction of sp³-hybridized carbons (Fsp3) is 0.769. The molecule has 8 heteroatoms. The van der Waals surface area contributed by atoms with Crippen LogP contribution >= 0.6 is 11.8 Å². The molecule has 1 atom stereocenters. The number of amides is 2. The number of nitrogens with one attached hydrogen (secondary N) is 2. The van der Waals surface area contributed by atoms with Crippen molar-refractivity contribution in [1.29, 1.82) is 0 Å². The van der Waals surface area contributed by atoms with E-state index in [1.54, 1.807) is 11.8 Å². The zero-order chi connectivity index (χ0) is 15.9. The minimum absolute atomic E-state index is 0.00110. The van der Waals surface area contributed by atoms with Crippen LogP contribution in [0.2, 0.25) is 0 Å². The van der Waals surface area contributed by atoms with Gasteiger partial charge in [0.1, 0.15) is 6.04 Å². The predicted octanol–water partition coefficient (Wildman–Crippen LogP) is 1.28. The van der Waals surface area contributed by atoms with E-state index in [9.17, 15) is 14.4 Å². The van der Waals surface area contributed by atoms with Gasteiger partial charge in [0.25, 0.3) is 0 Å². The Labute approximate surface area is 127 Å². The van der Waals surface area contributed by atoms with E-state index < -0.39 is 30.4 Å². The van der Waals surface area contributed by atoms with Crippen molar-refractivity contribution in [1.82, 2.24) is 10.6 Å². The molecule has 0 aromatic heterocycles. The first-order valence-electron chi connectivity index (χ1n) is 6.93. The molecule has 0 heterocycles. The van der Waals surface area contributed by atoms with Crippen molar-refractivity contribution in [3.8, 4) is 0 Å². The van der Waals surface area contributed by atoms with Gasteiger partial charge in [-0.25, -0.2) is 9.59 Å². The Morgan fingerprint density at radius 1 is 1.19 bits per heavy atom. The van der Waals surface area contributed by atoms with Gasteiger partial charge in [-0.2, -0.15) is 11.8 Å². The fourth-order valence-electron chi connectivity index (χ4n) is 2.47. The molecule has 0 saturated heterocycles. The van der Waals surface area contributed by atoms with Gasteiger partial charge < -0.3 is 20.8 Å². The lowest BCUT2D eigenvalue weighted by Crippen LogP contribution is -2.50. The fourth-order valence-corrected chi connectivity index (χ4v) is 3.39. The molecule has 21 heavy (non-hydrogen) atoms. The van der Waals surface area contributed by atoms with Crippen LogP contribution in [0.1, 0.15) is 38.5 Å². The number of carbonyl (C=O) groups excluding carboxylic acids is 1. The second-order valence-corrected chi connectivity index (χ2v) is 6.54. The van der Waals surface area contributed by atoms with Crippen LogP contribution in [-0.4, -0.2) is 51.8 Å². The molecule has 1 unspecified atom stereocenters. The number of urea groups is 1. The van der Waals surface area contributed by atoms with Crippen molar-refractivity contribution in [2.45, 2.75) is 49.3 Å². The van der Waals surface area contributed by atoms with Crippen LogP contribution in [0.25, 0.3) is 0 Å². The molecule has 0 bridgehead atoms. The van der Waals surface area contributed by atoms with E-state index in [0.717, 1.165) is 25.7 Å². The molecule has 0 aliphatic heterocycles. The number of rotatable bonds is 7. The highest BCUT2D eigenvalue weighted by atomic mass is 32.2. The van der Waals surface area contributed by atoms with Crippen LogP contribution in [0.3, 0.4) is 0 Å². The number of carboxylic acids is 2.